The van der Waals surface area contributed by atoms with E-state index in [9.17, 15) is 18.0 Å². The molecule has 1 aromatic heterocycles. The van der Waals surface area contributed by atoms with E-state index in [-0.39, 0.29) is 24.4 Å². The Bertz CT molecular complexity index is 551. The summed E-state index contributed by atoms with van der Waals surface area (Å²) in [5, 5.41) is 3.62. The van der Waals surface area contributed by atoms with Gasteiger partial charge in [0.2, 0.25) is 5.91 Å². The molecule has 138 valence electrons. The molecule has 0 aliphatic carbocycles. The number of nitrogens with zero attached hydrogens (tertiary/aromatic N) is 3. The minimum atomic E-state index is -4.43. The molecule has 1 saturated heterocycles. The number of aromatic nitrogens is 2. The van der Waals surface area contributed by atoms with Crippen LogP contribution in [-0.4, -0.2) is 39.2 Å². The standard InChI is InChI=1S/C15H23F3N4O.ClH/c1-3-7-14(2,19)13(23)21-8-4-11(5-9-21)22-10-6-12(20-22)15(16,17)18;/h6,10-11H,3-5,7-9,19H2,1-2H3;1H. The van der Waals surface area contributed by atoms with Gasteiger partial charge >= 0.3 is 6.18 Å². The number of likely N-dealkylation sites (tertiary alicyclic amines) is 1. The number of alkyl halides is 3. The molecule has 5 nitrogen and oxygen atoms in total. The zero-order valence-electron chi connectivity index (χ0n) is 13.8. The molecule has 1 fully saturated rings. The van der Waals surface area contributed by atoms with Crippen molar-refractivity contribution in [3.05, 3.63) is 18.0 Å². The average Bonchev–Trinajstić information content (AvgIpc) is 2.96. The zero-order valence-corrected chi connectivity index (χ0v) is 14.7. The molecule has 2 N–H and O–H groups in total. The maximum absolute atomic E-state index is 12.6. The van der Waals surface area contributed by atoms with Gasteiger partial charge in [0.15, 0.2) is 5.69 Å². The number of piperidine rings is 1. The Balaban J connectivity index is 0.00000288. The van der Waals surface area contributed by atoms with Crippen LogP contribution in [0.15, 0.2) is 12.3 Å². The number of hydrogen-bond acceptors (Lipinski definition) is 3. The van der Waals surface area contributed by atoms with Crippen molar-refractivity contribution in [2.45, 2.75) is 57.3 Å². The van der Waals surface area contributed by atoms with Crippen molar-refractivity contribution in [2.75, 3.05) is 13.1 Å². The summed E-state index contributed by atoms with van der Waals surface area (Å²) in [4.78, 5) is 14.1. The third kappa shape index (κ3) is 4.63. The van der Waals surface area contributed by atoms with Crippen LogP contribution in [0.2, 0.25) is 0 Å². The van der Waals surface area contributed by atoms with Gasteiger partial charge in [0.1, 0.15) is 0 Å². The van der Waals surface area contributed by atoms with Gasteiger partial charge in [-0.05, 0) is 32.3 Å². The first-order chi connectivity index (χ1) is 10.6. The van der Waals surface area contributed by atoms with Crippen LogP contribution in [0.5, 0.6) is 0 Å². The van der Waals surface area contributed by atoms with Crippen LogP contribution >= 0.6 is 12.4 Å². The summed E-state index contributed by atoms with van der Waals surface area (Å²) >= 11 is 0. The highest BCUT2D eigenvalue weighted by Crippen LogP contribution is 2.30. The highest BCUT2D eigenvalue weighted by molar-refractivity contribution is 5.86. The molecular weight excluding hydrogens is 345 g/mol. The van der Waals surface area contributed by atoms with Crippen LogP contribution in [0.1, 0.15) is 51.3 Å². The lowest BCUT2D eigenvalue weighted by molar-refractivity contribution is -0.141. The quantitative estimate of drug-likeness (QED) is 0.888. The fourth-order valence-electron chi connectivity index (χ4n) is 3.01. The summed E-state index contributed by atoms with van der Waals surface area (Å²) in [5.74, 6) is -0.0887. The second-order valence-electron chi connectivity index (χ2n) is 6.37. The van der Waals surface area contributed by atoms with Gasteiger partial charge in [-0.1, -0.05) is 13.3 Å². The SMILES string of the molecule is CCCC(C)(N)C(=O)N1CCC(n2ccc(C(F)(F)F)n2)CC1.Cl. The van der Waals surface area contributed by atoms with Gasteiger partial charge in [-0.2, -0.15) is 18.3 Å². The first-order valence-corrected chi connectivity index (χ1v) is 7.85. The Morgan fingerprint density at radius 3 is 2.42 bits per heavy atom. The highest BCUT2D eigenvalue weighted by Gasteiger charge is 2.36. The lowest BCUT2D eigenvalue weighted by atomic mass is 9.94. The number of rotatable bonds is 4. The van der Waals surface area contributed by atoms with E-state index in [0.29, 0.717) is 32.4 Å². The fourth-order valence-corrected chi connectivity index (χ4v) is 3.01. The van der Waals surface area contributed by atoms with E-state index in [1.807, 2.05) is 6.92 Å². The number of hydrogen-bond donors (Lipinski definition) is 1. The molecule has 0 aromatic carbocycles. The molecule has 1 aromatic rings. The second kappa shape index (κ2) is 7.74. The molecule has 2 heterocycles. The number of nitrogens with two attached hydrogens (primary N) is 1. The third-order valence-corrected chi connectivity index (χ3v) is 4.28. The smallest absolute Gasteiger partial charge is 0.341 e. The molecule has 0 radical (unpaired) electrons. The van der Waals surface area contributed by atoms with E-state index < -0.39 is 17.4 Å². The number of carbonyl (C=O) groups is 1. The summed E-state index contributed by atoms with van der Waals surface area (Å²) in [6.07, 6.45) is -0.485. The van der Waals surface area contributed by atoms with Gasteiger partial charge in [-0.25, -0.2) is 0 Å². The van der Waals surface area contributed by atoms with Crippen LogP contribution < -0.4 is 5.73 Å². The molecule has 1 atom stereocenters. The summed E-state index contributed by atoms with van der Waals surface area (Å²) < 4.78 is 39.2. The second-order valence-corrected chi connectivity index (χ2v) is 6.37. The van der Waals surface area contributed by atoms with Gasteiger partial charge < -0.3 is 10.6 Å². The van der Waals surface area contributed by atoms with Gasteiger partial charge in [0.25, 0.3) is 0 Å². The monoisotopic (exact) mass is 368 g/mol. The van der Waals surface area contributed by atoms with Crippen molar-refractivity contribution in [1.29, 1.82) is 0 Å². The molecule has 1 aliphatic heterocycles. The maximum Gasteiger partial charge on any atom is 0.435 e. The van der Waals surface area contributed by atoms with Crippen LogP contribution in [0, 0.1) is 0 Å². The normalized spacial score (nSPS) is 18.8. The first kappa shape index (κ1) is 20.8. The van der Waals surface area contributed by atoms with E-state index in [4.69, 9.17) is 5.73 Å². The highest BCUT2D eigenvalue weighted by atomic mass is 35.5. The molecule has 0 saturated carbocycles. The largest absolute Gasteiger partial charge is 0.435 e. The van der Waals surface area contributed by atoms with Gasteiger partial charge in [-0.3, -0.25) is 9.48 Å². The molecule has 1 aliphatic rings. The molecule has 0 spiro atoms. The maximum atomic E-state index is 12.6. The third-order valence-electron chi connectivity index (χ3n) is 4.28. The van der Waals surface area contributed by atoms with Crippen molar-refractivity contribution in [2.24, 2.45) is 5.73 Å². The van der Waals surface area contributed by atoms with Gasteiger partial charge in [0, 0.05) is 19.3 Å². The van der Waals surface area contributed by atoms with E-state index in [2.05, 4.69) is 5.10 Å². The Morgan fingerprint density at radius 1 is 1.38 bits per heavy atom. The van der Waals surface area contributed by atoms with E-state index in [1.54, 1.807) is 11.8 Å². The molecular formula is C15H24ClF3N4O. The summed E-state index contributed by atoms with van der Waals surface area (Å²) in [5.41, 5.74) is 4.31. The minimum absolute atomic E-state index is 0. The van der Waals surface area contributed by atoms with Crippen LogP contribution in [0.3, 0.4) is 0 Å². The molecule has 1 amide bonds. The van der Waals surface area contributed by atoms with Crippen LogP contribution in [0.25, 0.3) is 0 Å². The summed E-state index contributed by atoms with van der Waals surface area (Å²) in [7, 11) is 0. The van der Waals surface area contributed by atoms with Crippen LogP contribution in [0.4, 0.5) is 13.2 Å². The lowest BCUT2D eigenvalue weighted by Crippen LogP contribution is -2.55. The van der Waals surface area contributed by atoms with E-state index in [0.717, 1.165) is 12.5 Å². The predicted molar refractivity (Wildman–Crippen MR) is 86.8 cm³/mol. The predicted octanol–water partition coefficient (Wildman–Crippen LogP) is 3.00. The summed E-state index contributed by atoms with van der Waals surface area (Å²) in [6, 6.07) is 0.862. The Morgan fingerprint density at radius 2 is 1.96 bits per heavy atom. The first-order valence-electron chi connectivity index (χ1n) is 7.85. The topological polar surface area (TPSA) is 64.2 Å². The van der Waals surface area contributed by atoms with Crippen molar-refractivity contribution >= 4 is 18.3 Å². The van der Waals surface area contributed by atoms with Crippen molar-refractivity contribution < 1.29 is 18.0 Å². The van der Waals surface area contributed by atoms with Gasteiger partial charge in [0.05, 0.1) is 11.6 Å². The van der Waals surface area contributed by atoms with Gasteiger partial charge in [-0.15, -0.1) is 12.4 Å². The van der Waals surface area contributed by atoms with Crippen molar-refractivity contribution in [3.63, 3.8) is 0 Å². The lowest BCUT2D eigenvalue weighted by Gasteiger charge is -2.36. The Labute approximate surface area is 145 Å². The molecule has 1 unspecified atom stereocenters. The molecule has 0 bridgehead atoms. The van der Waals surface area contributed by atoms with E-state index in [1.165, 1.54) is 10.9 Å². The number of halogens is 4. The van der Waals surface area contributed by atoms with E-state index >= 15 is 0 Å². The molecule has 2 rings (SSSR count). The molecule has 24 heavy (non-hydrogen) atoms. The fraction of sp³-hybridized carbons (Fsp3) is 0.733. The summed E-state index contributed by atoms with van der Waals surface area (Å²) in [6.45, 7) is 4.68. The molecule has 9 heteroatoms. The van der Waals surface area contributed by atoms with Crippen molar-refractivity contribution in [3.8, 4) is 0 Å². The Hall–Kier alpha value is -1.28. The van der Waals surface area contributed by atoms with Crippen LogP contribution in [-0.2, 0) is 11.0 Å². The average molecular weight is 369 g/mol. The minimum Gasteiger partial charge on any atom is -0.341 e. The number of amides is 1. The van der Waals surface area contributed by atoms with Crippen molar-refractivity contribution in [1.82, 2.24) is 14.7 Å². The zero-order chi connectivity index (χ0) is 17.3. The Kier molecular flexibility index (Phi) is 6.69. The number of carbonyl (C=O) groups excluding carboxylic acids is 1.